The standard InChI is InChI=1S/C18H31N5O2/c1-21-12-15(11-20-21)18-14(4-5-17(24)22(18)2)10-19-16-6-7-23(13-16)8-9-25-3/h11-12,14,16,18-19H,4-10,13H2,1-3H3/t14-,16?,18+/m1/s1. The first-order valence-corrected chi connectivity index (χ1v) is 9.27. The van der Waals surface area contributed by atoms with Gasteiger partial charge in [-0.25, -0.2) is 0 Å². The third-order valence-corrected chi connectivity index (χ3v) is 5.61. The summed E-state index contributed by atoms with van der Waals surface area (Å²) < 4.78 is 6.99. The summed E-state index contributed by atoms with van der Waals surface area (Å²) in [5, 5.41) is 8.05. The van der Waals surface area contributed by atoms with E-state index >= 15 is 0 Å². The number of rotatable bonds is 7. The highest BCUT2D eigenvalue weighted by atomic mass is 16.5. The maximum Gasteiger partial charge on any atom is 0.222 e. The number of piperidine rings is 1. The van der Waals surface area contributed by atoms with Crippen molar-refractivity contribution in [2.24, 2.45) is 13.0 Å². The normalized spacial score (nSPS) is 28.0. The van der Waals surface area contributed by atoms with Crippen molar-refractivity contribution < 1.29 is 9.53 Å². The van der Waals surface area contributed by atoms with Crippen LogP contribution in [0.3, 0.4) is 0 Å². The fourth-order valence-electron chi connectivity index (χ4n) is 4.16. The number of nitrogens with one attached hydrogen (secondary N) is 1. The van der Waals surface area contributed by atoms with Gasteiger partial charge in [0.05, 0.1) is 18.8 Å². The van der Waals surface area contributed by atoms with E-state index in [-0.39, 0.29) is 11.9 Å². The molecule has 25 heavy (non-hydrogen) atoms. The topological polar surface area (TPSA) is 62.6 Å². The number of aryl methyl sites for hydroxylation is 1. The Labute approximate surface area is 150 Å². The van der Waals surface area contributed by atoms with Crippen molar-refractivity contribution in [3.63, 3.8) is 0 Å². The molecule has 0 bridgehead atoms. The van der Waals surface area contributed by atoms with Crippen LogP contribution < -0.4 is 5.32 Å². The number of methoxy groups -OCH3 is 1. The summed E-state index contributed by atoms with van der Waals surface area (Å²) in [6.07, 6.45) is 6.70. The third kappa shape index (κ3) is 4.40. The van der Waals surface area contributed by atoms with Crippen LogP contribution in [0.4, 0.5) is 0 Å². The van der Waals surface area contributed by atoms with Crippen LogP contribution in [0.5, 0.6) is 0 Å². The first-order valence-electron chi connectivity index (χ1n) is 9.27. The lowest BCUT2D eigenvalue weighted by atomic mass is 9.85. The number of ether oxygens (including phenoxy) is 1. The maximum atomic E-state index is 12.2. The Morgan fingerprint density at radius 1 is 1.36 bits per heavy atom. The van der Waals surface area contributed by atoms with Crippen LogP contribution in [0, 0.1) is 5.92 Å². The second-order valence-corrected chi connectivity index (χ2v) is 7.38. The fourth-order valence-corrected chi connectivity index (χ4v) is 4.16. The molecule has 1 unspecified atom stereocenters. The highest BCUT2D eigenvalue weighted by Crippen LogP contribution is 2.35. The SMILES string of the molecule is COCCN1CCC(NC[C@H]2CCC(=O)N(C)[C@@H]2c2cnn(C)c2)C1. The van der Waals surface area contributed by atoms with Crippen LogP contribution in [0.1, 0.15) is 30.9 Å². The van der Waals surface area contributed by atoms with E-state index in [4.69, 9.17) is 4.74 Å². The highest BCUT2D eigenvalue weighted by molar-refractivity contribution is 5.77. The molecule has 2 fully saturated rings. The van der Waals surface area contributed by atoms with Gasteiger partial charge in [0.1, 0.15) is 0 Å². The minimum Gasteiger partial charge on any atom is -0.383 e. The van der Waals surface area contributed by atoms with E-state index < -0.39 is 0 Å². The summed E-state index contributed by atoms with van der Waals surface area (Å²) in [5.41, 5.74) is 1.14. The van der Waals surface area contributed by atoms with Gasteiger partial charge >= 0.3 is 0 Å². The van der Waals surface area contributed by atoms with Crippen LogP contribution in [0.2, 0.25) is 0 Å². The van der Waals surface area contributed by atoms with Gasteiger partial charge in [-0.05, 0) is 25.3 Å². The molecule has 2 aliphatic heterocycles. The van der Waals surface area contributed by atoms with Gasteiger partial charge in [0, 0.05) is 65.1 Å². The van der Waals surface area contributed by atoms with Gasteiger partial charge in [0.2, 0.25) is 5.91 Å². The molecule has 0 aliphatic carbocycles. The highest BCUT2D eigenvalue weighted by Gasteiger charge is 2.35. The first kappa shape index (κ1) is 18.4. The number of carbonyl (C=O) groups excluding carboxylic acids is 1. The van der Waals surface area contributed by atoms with Gasteiger partial charge < -0.3 is 15.0 Å². The predicted octanol–water partition coefficient (Wildman–Crippen LogP) is 0.640. The summed E-state index contributed by atoms with van der Waals surface area (Å²) in [6, 6.07) is 0.655. The van der Waals surface area contributed by atoms with Crippen LogP contribution in [0.25, 0.3) is 0 Å². The number of likely N-dealkylation sites (tertiary alicyclic amines) is 2. The van der Waals surface area contributed by atoms with Crippen molar-refractivity contribution in [2.45, 2.75) is 31.3 Å². The third-order valence-electron chi connectivity index (χ3n) is 5.61. The molecule has 140 valence electrons. The minimum atomic E-state index is 0.119. The van der Waals surface area contributed by atoms with Crippen molar-refractivity contribution in [2.75, 3.05) is 46.9 Å². The summed E-state index contributed by atoms with van der Waals surface area (Å²) in [7, 11) is 5.61. The maximum absolute atomic E-state index is 12.2. The smallest absolute Gasteiger partial charge is 0.222 e. The van der Waals surface area contributed by atoms with Crippen molar-refractivity contribution in [3.05, 3.63) is 18.0 Å². The van der Waals surface area contributed by atoms with E-state index in [1.165, 1.54) is 6.42 Å². The lowest BCUT2D eigenvalue weighted by molar-refractivity contribution is -0.137. The molecule has 7 heteroatoms. The summed E-state index contributed by atoms with van der Waals surface area (Å²) >= 11 is 0. The van der Waals surface area contributed by atoms with E-state index in [9.17, 15) is 4.79 Å². The van der Waals surface area contributed by atoms with Crippen molar-refractivity contribution in [1.29, 1.82) is 0 Å². The van der Waals surface area contributed by atoms with E-state index in [2.05, 4.69) is 15.3 Å². The number of aromatic nitrogens is 2. The predicted molar refractivity (Wildman–Crippen MR) is 96.2 cm³/mol. The zero-order valence-corrected chi connectivity index (χ0v) is 15.6. The quantitative estimate of drug-likeness (QED) is 0.783. The molecule has 1 aromatic rings. The summed E-state index contributed by atoms with van der Waals surface area (Å²) in [4.78, 5) is 16.6. The van der Waals surface area contributed by atoms with Crippen molar-refractivity contribution in [3.8, 4) is 0 Å². The molecule has 0 spiro atoms. The monoisotopic (exact) mass is 349 g/mol. The second kappa shape index (κ2) is 8.29. The molecule has 1 N–H and O–H groups in total. The Morgan fingerprint density at radius 2 is 2.20 bits per heavy atom. The number of nitrogens with zero attached hydrogens (tertiary/aromatic N) is 4. The Bertz CT molecular complexity index is 576. The van der Waals surface area contributed by atoms with E-state index in [0.29, 0.717) is 18.4 Å². The lowest BCUT2D eigenvalue weighted by Crippen LogP contribution is -2.45. The molecular formula is C18H31N5O2. The molecule has 1 aromatic heterocycles. The Morgan fingerprint density at radius 3 is 2.92 bits per heavy atom. The van der Waals surface area contributed by atoms with E-state index in [0.717, 1.165) is 44.8 Å². The number of carbonyl (C=O) groups is 1. The van der Waals surface area contributed by atoms with Gasteiger partial charge in [-0.2, -0.15) is 5.10 Å². The molecule has 1 amide bonds. The zero-order valence-electron chi connectivity index (χ0n) is 15.6. The summed E-state index contributed by atoms with van der Waals surface area (Å²) in [5.74, 6) is 0.664. The van der Waals surface area contributed by atoms with Gasteiger partial charge in [-0.15, -0.1) is 0 Å². The van der Waals surface area contributed by atoms with Gasteiger partial charge in [0.25, 0.3) is 0 Å². The van der Waals surface area contributed by atoms with E-state index in [1.807, 2.05) is 36.1 Å². The number of amides is 1. The molecule has 3 atom stereocenters. The largest absolute Gasteiger partial charge is 0.383 e. The molecule has 0 radical (unpaired) electrons. The second-order valence-electron chi connectivity index (χ2n) is 7.38. The van der Waals surface area contributed by atoms with Crippen LogP contribution in [-0.4, -0.2) is 78.5 Å². The molecule has 3 heterocycles. The number of hydrogen-bond acceptors (Lipinski definition) is 5. The summed E-state index contributed by atoms with van der Waals surface area (Å²) in [6.45, 7) is 4.97. The Balaban J connectivity index is 1.57. The van der Waals surface area contributed by atoms with Crippen LogP contribution in [0.15, 0.2) is 12.4 Å². The van der Waals surface area contributed by atoms with Crippen LogP contribution in [-0.2, 0) is 16.6 Å². The number of hydrogen-bond donors (Lipinski definition) is 1. The molecule has 2 aliphatic rings. The average Bonchev–Trinajstić information content (AvgIpc) is 3.23. The van der Waals surface area contributed by atoms with Gasteiger partial charge in [0.15, 0.2) is 0 Å². The molecular weight excluding hydrogens is 318 g/mol. The van der Waals surface area contributed by atoms with Crippen LogP contribution >= 0.6 is 0 Å². The van der Waals surface area contributed by atoms with Crippen molar-refractivity contribution in [1.82, 2.24) is 24.9 Å². The average molecular weight is 349 g/mol. The Hall–Kier alpha value is -1.44. The van der Waals surface area contributed by atoms with Crippen molar-refractivity contribution >= 4 is 5.91 Å². The molecule has 2 saturated heterocycles. The van der Waals surface area contributed by atoms with E-state index in [1.54, 1.807) is 7.11 Å². The first-order chi connectivity index (χ1) is 12.1. The Kier molecular flexibility index (Phi) is 6.09. The zero-order chi connectivity index (χ0) is 17.8. The molecule has 0 saturated carbocycles. The fraction of sp³-hybridized carbons (Fsp3) is 0.778. The van der Waals surface area contributed by atoms with Gasteiger partial charge in [-0.3, -0.25) is 14.4 Å². The lowest BCUT2D eigenvalue weighted by Gasteiger charge is -2.39. The molecule has 0 aromatic carbocycles. The molecule has 7 nitrogen and oxygen atoms in total. The minimum absolute atomic E-state index is 0.119. The van der Waals surface area contributed by atoms with Gasteiger partial charge in [-0.1, -0.05) is 0 Å². The molecule has 3 rings (SSSR count).